The van der Waals surface area contributed by atoms with Crippen LogP contribution in [0.3, 0.4) is 0 Å². The maximum atomic E-state index is 9.33. The Hall–Kier alpha value is -1.02. The molecule has 1 saturated heterocycles. The number of likely N-dealkylation sites (tertiary alicyclic amines) is 1. The van der Waals surface area contributed by atoms with Crippen molar-refractivity contribution in [1.82, 2.24) is 4.98 Å². The molecule has 19 heavy (non-hydrogen) atoms. The molecule has 1 aliphatic heterocycles. The minimum atomic E-state index is -4.16. The SMILES string of the molecule is COS(=O)(=O)O.C[N+]1(C)CCCC1c1cccnc1. The molecule has 2 heterocycles. The van der Waals surface area contributed by atoms with Gasteiger partial charge in [-0.15, -0.1) is 0 Å². The van der Waals surface area contributed by atoms with Crippen LogP contribution in [0.5, 0.6) is 0 Å². The molecular formula is C12H21N2O4S+. The molecule has 0 radical (unpaired) electrons. The molecule has 1 aliphatic rings. The summed E-state index contributed by atoms with van der Waals surface area (Å²) in [5, 5.41) is 0. The van der Waals surface area contributed by atoms with Gasteiger partial charge in [0.25, 0.3) is 0 Å². The van der Waals surface area contributed by atoms with E-state index in [9.17, 15) is 8.42 Å². The fraction of sp³-hybridized carbons (Fsp3) is 0.583. The minimum absolute atomic E-state index is 0.661. The first-order chi connectivity index (χ1) is 8.76. The van der Waals surface area contributed by atoms with Crippen LogP contribution >= 0.6 is 0 Å². The Kier molecular flexibility index (Phi) is 5.42. The zero-order valence-corrected chi connectivity index (χ0v) is 12.3. The molecular weight excluding hydrogens is 268 g/mol. The molecule has 0 aromatic carbocycles. The highest BCUT2D eigenvalue weighted by atomic mass is 32.3. The summed E-state index contributed by atoms with van der Waals surface area (Å²) in [5.41, 5.74) is 1.39. The fourth-order valence-electron chi connectivity index (χ4n) is 2.34. The summed E-state index contributed by atoms with van der Waals surface area (Å²) < 4.78 is 30.8. The van der Waals surface area contributed by atoms with Gasteiger partial charge in [0, 0.05) is 30.8 Å². The van der Waals surface area contributed by atoms with Crippen LogP contribution in [0.2, 0.25) is 0 Å². The van der Waals surface area contributed by atoms with E-state index >= 15 is 0 Å². The lowest BCUT2D eigenvalue weighted by molar-refractivity contribution is -0.908. The number of quaternary nitrogens is 1. The lowest BCUT2D eigenvalue weighted by Gasteiger charge is -2.31. The maximum absolute atomic E-state index is 9.33. The number of hydrogen-bond acceptors (Lipinski definition) is 4. The van der Waals surface area contributed by atoms with E-state index in [4.69, 9.17) is 4.55 Å². The van der Waals surface area contributed by atoms with Crippen LogP contribution in [-0.2, 0) is 14.6 Å². The van der Waals surface area contributed by atoms with E-state index in [0.717, 1.165) is 11.6 Å². The fourth-order valence-corrected chi connectivity index (χ4v) is 2.34. The molecule has 108 valence electrons. The van der Waals surface area contributed by atoms with Crippen molar-refractivity contribution in [2.45, 2.75) is 18.9 Å². The predicted molar refractivity (Wildman–Crippen MR) is 71.7 cm³/mol. The predicted octanol–water partition coefficient (Wildman–Crippen LogP) is 1.43. The third kappa shape index (κ3) is 5.23. The van der Waals surface area contributed by atoms with Crippen LogP contribution in [0.25, 0.3) is 0 Å². The zero-order chi connectivity index (χ0) is 14.5. The third-order valence-corrected chi connectivity index (χ3v) is 3.76. The number of aromatic nitrogens is 1. The van der Waals surface area contributed by atoms with Crippen molar-refractivity contribution in [3.05, 3.63) is 30.1 Å². The van der Waals surface area contributed by atoms with Gasteiger partial charge in [-0.25, -0.2) is 0 Å². The van der Waals surface area contributed by atoms with Crippen LogP contribution < -0.4 is 0 Å². The van der Waals surface area contributed by atoms with E-state index in [-0.39, 0.29) is 0 Å². The van der Waals surface area contributed by atoms with Crippen molar-refractivity contribution in [2.75, 3.05) is 27.7 Å². The lowest BCUT2D eigenvalue weighted by atomic mass is 10.1. The molecule has 1 atom stereocenters. The van der Waals surface area contributed by atoms with Gasteiger partial charge in [0.2, 0.25) is 0 Å². The van der Waals surface area contributed by atoms with Crippen LogP contribution in [0.15, 0.2) is 24.5 Å². The van der Waals surface area contributed by atoms with Gasteiger partial charge in [0.1, 0.15) is 6.04 Å². The second-order valence-electron chi connectivity index (χ2n) is 5.04. The lowest BCUT2D eigenvalue weighted by Crippen LogP contribution is -2.38. The molecule has 1 aromatic rings. The first-order valence-corrected chi connectivity index (χ1v) is 7.38. The molecule has 1 N–H and O–H groups in total. The summed E-state index contributed by atoms with van der Waals surface area (Å²) >= 11 is 0. The Morgan fingerprint density at radius 3 is 2.47 bits per heavy atom. The third-order valence-electron chi connectivity index (χ3n) is 3.34. The molecule has 7 heteroatoms. The van der Waals surface area contributed by atoms with Crippen molar-refractivity contribution < 1.29 is 21.6 Å². The average Bonchev–Trinajstić information content (AvgIpc) is 2.70. The zero-order valence-electron chi connectivity index (χ0n) is 11.5. The Morgan fingerprint density at radius 2 is 2.11 bits per heavy atom. The highest BCUT2D eigenvalue weighted by Gasteiger charge is 2.35. The van der Waals surface area contributed by atoms with Crippen LogP contribution in [0.1, 0.15) is 24.4 Å². The van der Waals surface area contributed by atoms with Crippen molar-refractivity contribution in [1.29, 1.82) is 0 Å². The summed E-state index contributed by atoms with van der Waals surface area (Å²) in [6, 6.07) is 4.89. The van der Waals surface area contributed by atoms with E-state index in [1.165, 1.54) is 24.9 Å². The van der Waals surface area contributed by atoms with Crippen molar-refractivity contribution in [3.63, 3.8) is 0 Å². The summed E-state index contributed by atoms with van der Waals surface area (Å²) in [7, 11) is 1.33. The molecule has 0 amide bonds. The quantitative estimate of drug-likeness (QED) is 0.658. The van der Waals surface area contributed by atoms with Crippen LogP contribution in [-0.4, -0.2) is 50.2 Å². The average molecular weight is 289 g/mol. The molecule has 1 aromatic heterocycles. The topological polar surface area (TPSA) is 76.5 Å². The van der Waals surface area contributed by atoms with E-state index in [0.29, 0.717) is 6.04 Å². The molecule has 2 rings (SSSR count). The second kappa shape index (κ2) is 6.42. The molecule has 1 unspecified atom stereocenters. The highest BCUT2D eigenvalue weighted by Crippen LogP contribution is 2.35. The van der Waals surface area contributed by atoms with Gasteiger partial charge in [-0.3, -0.25) is 13.7 Å². The van der Waals surface area contributed by atoms with Crippen LogP contribution in [0, 0.1) is 0 Å². The first-order valence-electron chi connectivity index (χ1n) is 6.02. The number of nitrogens with zero attached hydrogens (tertiary/aromatic N) is 2. The Bertz CT molecular complexity index is 488. The van der Waals surface area contributed by atoms with E-state index in [1.54, 1.807) is 0 Å². The maximum Gasteiger partial charge on any atom is 0.397 e. The Morgan fingerprint density at radius 1 is 1.47 bits per heavy atom. The van der Waals surface area contributed by atoms with Gasteiger partial charge >= 0.3 is 10.4 Å². The number of rotatable bonds is 2. The minimum Gasteiger partial charge on any atom is -0.322 e. The van der Waals surface area contributed by atoms with Gasteiger partial charge in [-0.1, -0.05) is 6.07 Å². The van der Waals surface area contributed by atoms with Gasteiger partial charge < -0.3 is 4.48 Å². The summed E-state index contributed by atoms with van der Waals surface area (Å²) in [6.07, 6.45) is 6.50. The van der Waals surface area contributed by atoms with Gasteiger partial charge in [0.15, 0.2) is 0 Å². The van der Waals surface area contributed by atoms with Crippen molar-refractivity contribution >= 4 is 10.4 Å². The Balaban J connectivity index is 0.000000258. The molecule has 0 aliphatic carbocycles. The molecule has 0 saturated carbocycles. The van der Waals surface area contributed by atoms with Crippen molar-refractivity contribution in [2.24, 2.45) is 0 Å². The molecule has 6 nitrogen and oxygen atoms in total. The van der Waals surface area contributed by atoms with E-state index in [2.05, 4.69) is 29.3 Å². The number of pyridine rings is 1. The van der Waals surface area contributed by atoms with Crippen LogP contribution in [0.4, 0.5) is 0 Å². The van der Waals surface area contributed by atoms with E-state index < -0.39 is 10.4 Å². The Labute approximate surface area is 114 Å². The van der Waals surface area contributed by atoms with Gasteiger partial charge in [-0.05, 0) is 6.07 Å². The smallest absolute Gasteiger partial charge is 0.322 e. The van der Waals surface area contributed by atoms with E-state index in [1.807, 2.05) is 18.5 Å². The second-order valence-corrected chi connectivity index (χ2v) is 6.23. The summed E-state index contributed by atoms with van der Waals surface area (Å²) in [4.78, 5) is 4.18. The monoisotopic (exact) mass is 289 g/mol. The number of hydrogen-bond donors (Lipinski definition) is 1. The summed E-state index contributed by atoms with van der Waals surface area (Å²) in [6.45, 7) is 1.29. The summed E-state index contributed by atoms with van der Waals surface area (Å²) in [5.74, 6) is 0. The first kappa shape index (κ1) is 16.0. The normalized spacial score (nSPS) is 21.6. The highest BCUT2D eigenvalue weighted by molar-refractivity contribution is 7.80. The van der Waals surface area contributed by atoms with Gasteiger partial charge in [-0.2, -0.15) is 8.42 Å². The standard InChI is InChI=1S/C11H17N2.CH4O4S/c1-13(2)8-4-6-11(13)10-5-3-7-12-9-10;1-5-6(2,3)4/h3,5,7,9,11H,4,6,8H2,1-2H3;1H3,(H,2,3,4)/q+1;. The van der Waals surface area contributed by atoms with Gasteiger partial charge in [0.05, 0.1) is 27.7 Å². The molecule has 1 fully saturated rings. The largest absolute Gasteiger partial charge is 0.397 e. The van der Waals surface area contributed by atoms with Crippen molar-refractivity contribution in [3.8, 4) is 0 Å². The molecule has 0 spiro atoms. The molecule has 0 bridgehead atoms.